The van der Waals surface area contributed by atoms with Gasteiger partial charge < -0.3 is 5.11 Å². The molecule has 0 saturated carbocycles. The molecule has 0 aromatic heterocycles. The van der Waals surface area contributed by atoms with Crippen molar-refractivity contribution in [2.45, 2.75) is 19.3 Å². The number of carboxylic acids is 1. The summed E-state index contributed by atoms with van der Waals surface area (Å²) in [6.45, 7) is 7.13. The number of allylic oxidation sites excluding steroid dienone is 2. The van der Waals surface area contributed by atoms with Gasteiger partial charge in [-0.2, -0.15) is 0 Å². The average molecular weight is 154 g/mol. The van der Waals surface area contributed by atoms with Crippen LogP contribution in [-0.4, -0.2) is 11.1 Å². The van der Waals surface area contributed by atoms with E-state index < -0.39 is 5.97 Å². The largest absolute Gasteiger partial charge is 0.481 e. The molecule has 0 unspecified atom stereocenters. The van der Waals surface area contributed by atoms with E-state index in [9.17, 15) is 4.79 Å². The number of rotatable bonds is 6. The van der Waals surface area contributed by atoms with Crippen LogP contribution in [0.2, 0.25) is 0 Å². The number of carboxylic acid groups (broad SMARTS) is 1. The first kappa shape index (κ1) is 9.95. The van der Waals surface area contributed by atoms with Gasteiger partial charge in [-0.15, -0.1) is 13.2 Å². The Balaban J connectivity index is 3.76. The Morgan fingerprint density at radius 2 is 1.82 bits per heavy atom. The molecule has 0 rings (SSSR count). The van der Waals surface area contributed by atoms with Crippen molar-refractivity contribution in [1.82, 2.24) is 0 Å². The molecule has 0 radical (unpaired) electrons. The molecule has 0 fully saturated rings. The fraction of sp³-hybridized carbons (Fsp3) is 0.444. The second kappa shape index (κ2) is 5.71. The van der Waals surface area contributed by atoms with E-state index in [1.165, 1.54) is 0 Å². The predicted octanol–water partition coefficient (Wildman–Crippen LogP) is 2.23. The second-order valence-electron chi connectivity index (χ2n) is 2.51. The number of hydrogen-bond donors (Lipinski definition) is 1. The van der Waals surface area contributed by atoms with Gasteiger partial charge in [0.15, 0.2) is 0 Å². The summed E-state index contributed by atoms with van der Waals surface area (Å²) in [5.41, 5.74) is 0. The number of carbonyl (C=O) groups is 1. The Kier molecular flexibility index (Phi) is 5.17. The van der Waals surface area contributed by atoms with Gasteiger partial charge in [0.1, 0.15) is 0 Å². The number of aliphatic carboxylic acids is 1. The fourth-order valence-corrected chi connectivity index (χ4v) is 0.981. The maximum Gasteiger partial charge on any atom is 0.303 e. The molecule has 0 heterocycles. The molecule has 0 aromatic carbocycles. The lowest BCUT2D eigenvalue weighted by Crippen LogP contribution is -2.05. The molecule has 2 heteroatoms. The van der Waals surface area contributed by atoms with Crippen molar-refractivity contribution >= 4 is 5.97 Å². The van der Waals surface area contributed by atoms with Crippen molar-refractivity contribution in [3.63, 3.8) is 0 Å². The predicted molar refractivity (Wildman–Crippen MR) is 45.4 cm³/mol. The first-order valence-corrected chi connectivity index (χ1v) is 3.64. The quantitative estimate of drug-likeness (QED) is 0.595. The molecule has 11 heavy (non-hydrogen) atoms. The van der Waals surface area contributed by atoms with Gasteiger partial charge in [0.25, 0.3) is 0 Å². The van der Waals surface area contributed by atoms with E-state index >= 15 is 0 Å². The highest BCUT2D eigenvalue weighted by Crippen LogP contribution is 2.13. The Bertz CT molecular complexity index is 140. The van der Waals surface area contributed by atoms with Crippen LogP contribution in [0.1, 0.15) is 19.3 Å². The highest BCUT2D eigenvalue weighted by atomic mass is 16.4. The Morgan fingerprint density at radius 1 is 1.36 bits per heavy atom. The van der Waals surface area contributed by atoms with E-state index in [4.69, 9.17) is 5.11 Å². The van der Waals surface area contributed by atoms with Crippen LogP contribution in [0.15, 0.2) is 25.3 Å². The van der Waals surface area contributed by atoms with Crippen molar-refractivity contribution in [2.75, 3.05) is 0 Å². The second-order valence-corrected chi connectivity index (χ2v) is 2.51. The molecule has 62 valence electrons. The molecular weight excluding hydrogens is 140 g/mol. The van der Waals surface area contributed by atoms with Crippen LogP contribution in [0.4, 0.5) is 0 Å². The highest BCUT2D eigenvalue weighted by Gasteiger charge is 2.08. The van der Waals surface area contributed by atoms with Gasteiger partial charge in [0.2, 0.25) is 0 Å². The maximum absolute atomic E-state index is 10.3. The average Bonchev–Trinajstić information content (AvgIpc) is 1.87. The molecule has 1 N–H and O–H groups in total. The minimum absolute atomic E-state index is 0.169. The molecule has 0 bridgehead atoms. The zero-order valence-corrected chi connectivity index (χ0v) is 6.62. The molecular formula is C9H14O2. The standard InChI is InChI=1S/C9H14O2/c1-3-5-8(6-4-2)7-9(10)11/h3-4,8H,1-2,5-7H2,(H,10,11). The van der Waals surface area contributed by atoms with Crippen molar-refractivity contribution in [3.05, 3.63) is 25.3 Å². The summed E-state index contributed by atoms with van der Waals surface area (Å²) in [6.07, 6.45) is 5.20. The zero-order valence-electron chi connectivity index (χ0n) is 6.62. The summed E-state index contributed by atoms with van der Waals surface area (Å²) in [6, 6.07) is 0. The van der Waals surface area contributed by atoms with Gasteiger partial charge in [-0.05, 0) is 18.8 Å². The van der Waals surface area contributed by atoms with Gasteiger partial charge in [0.05, 0.1) is 0 Å². The molecule has 0 spiro atoms. The topological polar surface area (TPSA) is 37.3 Å². The lowest BCUT2D eigenvalue weighted by Gasteiger charge is -2.08. The van der Waals surface area contributed by atoms with Crippen molar-refractivity contribution < 1.29 is 9.90 Å². The first-order chi connectivity index (χ1) is 5.20. The van der Waals surface area contributed by atoms with Crippen LogP contribution < -0.4 is 0 Å². The third-order valence-corrected chi connectivity index (χ3v) is 1.46. The van der Waals surface area contributed by atoms with E-state index in [-0.39, 0.29) is 12.3 Å². The molecule has 0 amide bonds. The molecule has 0 aliphatic rings. The summed E-state index contributed by atoms with van der Waals surface area (Å²) < 4.78 is 0. The van der Waals surface area contributed by atoms with E-state index in [1.807, 2.05) is 0 Å². The third-order valence-electron chi connectivity index (χ3n) is 1.46. The van der Waals surface area contributed by atoms with Gasteiger partial charge >= 0.3 is 5.97 Å². The molecule has 0 aromatic rings. The summed E-state index contributed by atoms with van der Waals surface area (Å²) in [5, 5.41) is 8.47. The van der Waals surface area contributed by atoms with Gasteiger partial charge in [-0.1, -0.05) is 12.2 Å². The first-order valence-electron chi connectivity index (χ1n) is 3.64. The SMILES string of the molecule is C=CCC(CC=C)CC(=O)O. The highest BCUT2D eigenvalue weighted by molar-refractivity contribution is 5.67. The minimum Gasteiger partial charge on any atom is -0.481 e. The lowest BCUT2D eigenvalue weighted by atomic mass is 9.98. The van der Waals surface area contributed by atoms with Crippen LogP contribution in [0.3, 0.4) is 0 Å². The molecule has 0 saturated heterocycles. The smallest absolute Gasteiger partial charge is 0.303 e. The monoisotopic (exact) mass is 154 g/mol. The van der Waals surface area contributed by atoms with Crippen LogP contribution in [-0.2, 0) is 4.79 Å². The van der Waals surface area contributed by atoms with Gasteiger partial charge in [0, 0.05) is 6.42 Å². The summed E-state index contributed by atoms with van der Waals surface area (Å²) in [7, 11) is 0. The van der Waals surface area contributed by atoms with Crippen molar-refractivity contribution in [1.29, 1.82) is 0 Å². The third kappa shape index (κ3) is 5.40. The summed E-state index contributed by atoms with van der Waals surface area (Å²) in [4.78, 5) is 10.3. The van der Waals surface area contributed by atoms with Crippen LogP contribution in [0.25, 0.3) is 0 Å². The molecule has 0 aliphatic heterocycles. The summed E-state index contributed by atoms with van der Waals surface area (Å²) >= 11 is 0. The van der Waals surface area contributed by atoms with Gasteiger partial charge in [-0.25, -0.2) is 0 Å². The van der Waals surface area contributed by atoms with Crippen LogP contribution >= 0.6 is 0 Å². The van der Waals surface area contributed by atoms with Gasteiger partial charge in [-0.3, -0.25) is 4.79 Å². The fourth-order valence-electron chi connectivity index (χ4n) is 0.981. The number of hydrogen-bond acceptors (Lipinski definition) is 1. The van der Waals surface area contributed by atoms with E-state index in [0.29, 0.717) is 0 Å². The Morgan fingerprint density at radius 3 is 2.09 bits per heavy atom. The van der Waals surface area contributed by atoms with Crippen molar-refractivity contribution in [3.8, 4) is 0 Å². The Hall–Kier alpha value is -1.05. The molecule has 2 nitrogen and oxygen atoms in total. The molecule has 0 aliphatic carbocycles. The lowest BCUT2D eigenvalue weighted by molar-refractivity contribution is -0.138. The van der Waals surface area contributed by atoms with Crippen LogP contribution in [0, 0.1) is 5.92 Å². The van der Waals surface area contributed by atoms with E-state index in [0.717, 1.165) is 12.8 Å². The molecule has 0 atom stereocenters. The van der Waals surface area contributed by atoms with E-state index in [2.05, 4.69) is 13.2 Å². The minimum atomic E-state index is -0.751. The van der Waals surface area contributed by atoms with Crippen molar-refractivity contribution in [2.24, 2.45) is 5.92 Å². The van der Waals surface area contributed by atoms with E-state index in [1.54, 1.807) is 12.2 Å². The normalized spacial score (nSPS) is 9.55. The maximum atomic E-state index is 10.3. The van der Waals surface area contributed by atoms with Crippen LogP contribution in [0.5, 0.6) is 0 Å². The summed E-state index contributed by atoms with van der Waals surface area (Å²) in [5.74, 6) is -0.582. The Labute approximate surface area is 67.2 Å². The zero-order chi connectivity index (χ0) is 8.69.